The van der Waals surface area contributed by atoms with E-state index in [2.05, 4.69) is 76.4 Å². The highest BCUT2D eigenvalue weighted by Crippen LogP contribution is 2.29. The number of nitrogens with zero attached hydrogens (tertiary/aromatic N) is 1. The molecule has 140 valence electrons. The molecule has 0 bridgehead atoms. The molecule has 0 N–H and O–H groups in total. The highest BCUT2D eigenvalue weighted by molar-refractivity contribution is 9.10. The van der Waals surface area contributed by atoms with Gasteiger partial charge >= 0.3 is 0 Å². The molecule has 1 aliphatic carbocycles. The van der Waals surface area contributed by atoms with Crippen LogP contribution in [0.4, 0.5) is 0 Å². The third-order valence-corrected chi connectivity index (χ3v) is 5.51. The monoisotopic (exact) mass is 415 g/mol. The van der Waals surface area contributed by atoms with E-state index < -0.39 is 0 Å². The van der Waals surface area contributed by atoms with E-state index in [0.717, 1.165) is 29.2 Å². The molecule has 0 radical (unpaired) electrons. The Labute approximate surface area is 166 Å². The summed E-state index contributed by atoms with van der Waals surface area (Å²) in [5.41, 5.74) is 2.42. The Kier molecular flexibility index (Phi) is 7.57. The Hall–Kier alpha value is -1.32. The van der Waals surface area contributed by atoms with E-state index in [-0.39, 0.29) is 0 Å². The van der Waals surface area contributed by atoms with E-state index >= 15 is 0 Å². The van der Waals surface area contributed by atoms with Crippen LogP contribution in [0.1, 0.15) is 38.5 Å². The molecule has 1 saturated carbocycles. The molecule has 0 aromatic heterocycles. The molecule has 0 saturated heterocycles. The van der Waals surface area contributed by atoms with Crippen molar-refractivity contribution in [1.29, 1.82) is 0 Å². The molecule has 0 spiro atoms. The summed E-state index contributed by atoms with van der Waals surface area (Å²) in [4.78, 5) is 2.50. The van der Waals surface area contributed by atoms with Crippen molar-refractivity contribution >= 4 is 15.9 Å². The first kappa shape index (κ1) is 19.4. The second-order valence-corrected chi connectivity index (χ2v) is 8.42. The molecule has 0 atom stereocenters. The van der Waals surface area contributed by atoms with Crippen molar-refractivity contribution in [2.24, 2.45) is 5.92 Å². The zero-order valence-electron chi connectivity index (χ0n) is 15.8. The minimum Gasteiger partial charge on any atom is -0.494 e. The average Bonchev–Trinajstić information content (AvgIpc) is 3.46. The zero-order valence-corrected chi connectivity index (χ0v) is 17.4. The van der Waals surface area contributed by atoms with Gasteiger partial charge in [0.2, 0.25) is 0 Å². The van der Waals surface area contributed by atoms with Crippen molar-refractivity contribution in [2.45, 2.75) is 38.5 Å². The predicted octanol–water partition coefficient (Wildman–Crippen LogP) is 6.40. The molecule has 0 amide bonds. The molecule has 0 unspecified atom stereocenters. The second-order valence-electron chi connectivity index (χ2n) is 7.50. The molecule has 3 rings (SSSR count). The van der Waals surface area contributed by atoms with Crippen molar-refractivity contribution in [1.82, 2.24) is 4.90 Å². The third kappa shape index (κ3) is 6.77. The first-order valence-corrected chi connectivity index (χ1v) is 10.7. The molecule has 2 nitrogen and oxygen atoms in total. The fraction of sp³-hybridized carbons (Fsp3) is 0.478. The van der Waals surface area contributed by atoms with Crippen LogP contribution < -0.4 is 4.74 Å². The van der Waals surface area contributed by atoms with E-state index in [4.69, 9.17) is 4.74 Å². The molecule has 3 heteroatoms. The summed E-state index contributed by atoms with van der Waals surface area (Å²) in [6.07, 6.45) is 7.90. The van der Waals surface area contributed by atoms with E-state index in [9.17, 15) is 0 Å². The van der Waals surface area contributed by atoms with Crippen molar-refractivity contribution < 1.29 is 4.74 Å². The van der Waals surface area contributed by atoms with Crippen LogP contribution >= 0.6 is 15.9 Å². The lowest BCUT2D eigenvalue weighted by atomic mass is 10.1. The SMILES string of the molecule is CN(CCCCCCOc1cccc(-c2ccc(Br)cc2)c1)CC1CC1. The van der Waals surface area contributed by atoms with E-state index in [1.165, 1.54) is 56.3 Å². The topological polar surface area (TPSA) is 12.5 Å². The van der Waals surface area contributed by atoms with Crippen molar-refractivity contribution in [3.05, 3.63) is 53.0 Å². The standard InChI is InChI=1S/C23H30BrNO/c1-25(18-19-9-10-19)15-4-2-3-5-16-26-23-8-6-7-21(17-23)20-11-13-22(24)14-12-20/h6-8,11-14,17,19H,2-5,9-10,15-16,18H2,1H3. The quantitative estimate of drug-likeness (QED) is 0.393. The van der Waals surface area contributed by atoms with E-state index in [1.807, 2.05) is 0 Å². The van der Waals surface area contributed by atoms with Gasteiger partial charge < -0.3 is 9.64 Å². The number of rotatable bonds is 11. The van der Waals surface area contributed by atoms with Gasteiger partial charge in [0.1, 0.15) is 5.75 Å². The molecule has 1 fully saturated rings. The van der Waals surface area contributed by atoms with Crippen LogP contribution in [0.5, 0.6) is 5.75 Å². The van der Waals surface area contributed by atoms with Gasteiger partial charge in [-0.15, -0.1) is 0 Å². The Bertz CT molecular complexity index is 666. The van der Waals surface area contributed by atoms with Crippen LogP contribution in [0.15, 0.2) is 53.0 Å². The highest BCUT2D eigenvalue weighted by Gasteiger charge is 2.22. The van der Waals surface area contributed by atoms with Gasteiger partial charge in [-0.25, -0.2) is 0 Å². The van der Waals surface area contributed by atoms with Crippen LogP contribution in [0.3, 0.4) is 0 Å². The second kappa shape index (κ2) is 10.1. The van der Waals surface area contributed by atoms with E-state index in [0.29, 0.717) is 0 Å². The number of hydrogen-bond donors (Lipinski definition) is 0. The van der Waals surface area contributed by atoms with Gasteiger partial charge in [0.05, 0.1) is 6.61 Å². The average molecular weight is 416 g/mol. The molecular formula is C23H30BrNO. The van der Waals surface area contributed by atoms with Gasteiger partial charge in [0.25, 0.3) is 0 Å². The first-order valence-electron chi connectivity index (χ1n) is 9.88. The Morgan fingerprint density at radius 2 is 1.73 bits per heavy atom. The van der Waals surface area contributed by atoms with Crippen molar-refractivity contribution in [3.8, 4) is 16.9 Å². The zero-order chi connectivity index (χ0) is 18.2. The first-order chi connectivity index (χ1) is 12.7. The summed E-state index contributed by atoms with van der Waals surface area (Å²) in [5.74, 6) is 1.97. The largest absolute Gasteiger partial charge is 0.494 e. The Morgan fingerprint density at radius 3 is 2.50 bits per heavy atom. The van der Waals surface area contributed by atoms with Crippen LogP contribution in [-0.2, 0) is 0 Å². The van der Waals surface area contributed by atoms with Crippen LogP contribution in [-0.4, -0.2) is 31.6 Å². The third-order valence-electron chi connectivity index (χ3n) is 4.98. The number of halogens is 1. The van der Waals surface area contributed by atoms with Gasteiger partial charge in [-0.1, -0.05) is 53.0 Å². The Balaban J connectivity index is 1.32. The van der Waals surface area contributed by atoms with Crippen LogP contribution in [0.25, 0.3) is 11.1 Å². The molecule has 2 aromatic rings. The Morgan fingerprint density at radius 1 is 0.962 bits per heavy atom. The molecule has 1 aliphatic rings. The lowest BCUT2D eigenvalue weighted by Gasteiger charge is -2.15. The van der Waals surface area contributed by atoms with Crippen LogP contribution in [0.2, 0.25) is 0 Å². The summed E-state index contributed by atoms with van der Waals surface area (Å²) in [5, 5.41) is 0. The molecule has 0 aliphatic heterocycles. The summed E-state index contributed by atoms with van der Waals surface area (Å²) in [6, 6.07) is 16.8. The smallest absolute Gasteiger partial charge is 0.119 e. The van der Waals surface area contributed by atoms with Gasteiger partial charge in [0, 0.05) is 11.0 Å². The predicted molar refractivity (Wildman–Crippen MR) is 114 cm³/mol. The maximum Gasteiger partial charge on any atom is 0.119 e. The fourth-order valence-electron chi connectivity index (χ4n) is 3.27. The van der Waals surface area contributed by atoms with Crippen molar-refractivity contribution in [3.63, 3.8) is 0 Å². The number of benzene rings is 2. The summed E-state index contributed by atoms with van der Waals surface area (Å²) in [6.45, 7) is 3.35. The maximum atomic E-state index is 5.96. The lowest BCUT2D eigenvalue weighted by Crippen LogP contribution is -2.22. The van der Waals surface area contributed by atoms with Gasteiger partial charge in [0.15, 0.2) is 0 Å². The lowest BCUT2D eigenvalue weighted by molar-refractivity contribution is 0.293. The van der Waals surface area contributed by atoms with Crippen LogP contribution in [0, 0.1) is 5.92 Å². The molecule has 2 aromatic carbocycles. The summed E-state index contributed by atoms with van der Waals surface area (Å²) in [7, 11) is 2.26. The summed E-state index contributed by atoms with van der Waals surface area (Å²) >= 11 is 3.49. The van der Waals surface area contributed by atoms with Crippen molar-refractivity contribution in [2.75, 3.05) is 26.7 Å². The normalized spacial score (nSPS) is 14.0. The summed E-state index contributed by atoms with van der Waals surface area (Å²) < 4.78 is 7.06. The molecule has 26 heavy (non-hydrogen) atoms. The number of unbranched alkanes of at least 4 members (excludes halogenated alkanes) is 3. The minimum atomic E-state index is 0.807. The van der Waals surface area contributed by atoms with Gasteiger partial charge in [-0.2, -0.15) is 0 Å². The molecular weight excluding hydrogens is 386 g/mol. The van der Waals surface area contributed by atoms with E-state index in [1.54, 1.807) is 0 Å². The fourth-order valence-corrected chi connectivity index (χ4v) is 3.53. The maximum absolute atomic E-state index is 5.96. The minimum absolute atomic E-state index is 0.807. The van der Waals surface area contributed by atoms with Gasteiger partial charge in [-0.3, -0.25) is 0 Å². The molecule has 0 heterocycles. The number of hydrogen-bond acceptors (Lipinski definition) is 2. The van der Waals surface area contributed by atoms with Gasteiger partial charge in [-0.05, 0) is 80.6 Å². The highest BCUT2D eigenvalue weighted by atomic mass is 79.9. The number of ether oxygens (including phenoxy) is 1.